The predicted octanol–water partition coefficient (Wildman–Crippen LogP) is 4.40. The van der Waals surface area contributed by atoms with E-state index in [0.717, 1.165) is 22.2 Å². The molecule has 0 atom stereocenters. The number of rotatable bonds is 4. The highest BCUT2D eigenvalue weighted by Gasteiger charge is 2.14. The van der Waals surface area contributed by atoms with Crippen LogP contribution in [0.15, 0.2) is 72.2 Å². The topological polar surface area (TPSA) is 46.9 Å². The van der Waals surface area contributed by atoms with Crippen molar-refractivity contribution in [2.45, 2.75) is 6.54 Å². The highest BCUT2D eigenvalue weighted by molar-refractivity contribution is 7.13. The Hall–Kier alpha value is -2.92. The van der Waals surface area contributed by atoms with E-state index >= 15 is 0 Å². The van der Waals surface area contributed by atoms with E-state index in [0.29, 0.717) is 5.13 Å². The Labute approximate surface area is 143 Å². The molecule has 5 heteroatoms. The van der Waals surface area contributed by atoms with Gasteiger partial charge in [-0.05, 0) is 17.7 Å². The molecule has 2 aromatic carbocycles. The number of anilines is 1. The minimum atomic E-state index is -0.0801. The molecular weight excluding hydrogens is 318 g/mol. The van der Waals surface area contributed by atoms with Crippen molar-refractivity contribution in [3.05, 3.63) is 72.2 Å². The molecule has 2 heterocycles. The number of aromatic nitrogens is 2. The monoisotopic (exact) mass is 333 g/mol. The molecule has 0 unspecified atom stereocenters. The molecule has 2 aromatic heterocycles. The minimum Gasteiger partial charge on any atom is -0.331 e. The molecule has 4 nitrogen and oxygen atoms in total. The first kappa shape index (κ1) is 14.7. The van der Waals surface area contributed by atoms with Crippen LogP contribution < -0.4 is 5.32 Å². The van der Waals surface area contributed by atoms with E-state index in [4.69, 9.17) is 0 Å². The molecule has 24 heavy (non-hydrogen) atoms. The Bertz CT molecular complexity index is 974. The summed E-state index contributed by atoms with van der Waals surface area (Å²) in [5, 5.41) is 6.44. The van der Waals surface area contributed by atoms with Gasteiger partial charge < -0.3 is 9.88 Å². The SMILES string of the molecule is O=C(Cn1c(-c2ccccc2)cc2ccccc21)Nc1nccs1. The number of nitrogens with one attached hydrogen (secondary N) is 1. The van der Waals surface area contributed by atoms with Crippen molar-refractivity contribution in [2.24, 2.45) is 0 Å². The third-order valence-electron chi connectivity index (χ3n) is 3.86. The van der Waals surface area contributed by atoms with Crippen molar-refractivity contribution in [1.29, 1.82) is 0 Å². The summed E-state index contributed by atoms with van der Waals surface area (Å²) >= 11 is 1.42. The van der Waals surface area contributed by atoms with Crippen LogP contribution in [-0.2, 0) is 11.3 Å². The Morgan fingerprint density at radius 1 is 1.08 bits per heavy atom. The Morgan fingerprint density at radius 2 is 1.88 bits per heavy atom. The van der Waals surface area contributed by atoms with Crippen LogP contribution in [0.1, 0.15) is 0 Å². The molecule has 0 aliphatic heterocycles. The van der Waals surface area contributed by atoms with Crippen LogP contribution in [0.4, 0.5) is 5.13 Å². The second kappa shape index (κ2) is 6.29. The molecule has 1 N–H and O–H groups in total. The van der Waals surface area contributed by atoms with Crippen molar-refractivity contribution in [3.63, 3.8) is 0 Å². The lowest BCUT2D eigenvalue weighted by atomic mass is 10.1. The standard InChI is InChI=1S/C19H15N3OS/c23-18(21-19-20-10-11-24-19)13-22-16-9-5-4-8-15(16)12-17(22)14-6-2-1-3-7-14/h1-12H,13H2,(H,20,21,23). The van der Waals surface area contributed by atoms with Gasteiger partial charge in [0.05, 0.1) is 0 Å². The van der Waals surface area contributed by atoms with Crippen LogP contribution in [0, 0.1) is 0 Å². The highest BCUT2D eigenvalue weighted by atomic mass is 32.1. The van der Waals surface area contributed by atoms with Gasteiger partial charge in [0.15, 0.2) is 5.13 Å². The lowest BCUT2D eigenvalue weighted by Gasteiger charge is -2.10. The van der Waals surface area contributed by atoms with E-state index in [9.17, 15) is 4.79 Å². The number of nitrogens with zero attached hydrogens (tertiary/aromatic N) is 2. The zero-order valence-corrected chi connectivity index (χ0v) is 13.7. The predicted molar refractivity (Wildman–Crippen MR) is 98.1 cm³/mol. The van der Waals surface area contributed by atoms with Gasteiger partial charge in [-0.1, -0.05) is 48.5 Å². The third kappa shape index (κ3) is 2.81. The van der Waals surface area contributed by atoms with Gasteiger partial charge in [0, 0.05) is 28.2 Å². The number of amides is 1. The lowest BCUT2D eigenvalue weighted by molar-refractivity contribution is -0.116. The minimum absolute atomic E-state index is 0.0801. The normalized spacial score (nSPS) is 10.8. The van der Waals surface area contributed by atoms with Gasteiger partial charge >= 0.3 is 0 Å². The van der Waals surface area contributed by atoms with Crippen LogP contribution in [0.3, 0.4) is 0 Å². The molecule has 4 aromatic rings. The van der Waals surface area contributed by atoms with E-state index < -0.39 is 0 Å². The number of fused-ring (bicyclic) bond motifs is 1. The number of thiazole rings is 1. The van der Waals surface area contributed by atoms with Gasteiger partial charge in [-0.15, -0.1) is 11.3 Å². The van der Waals surface area contributed by atoms with Crippen LogP contribution in [-0.4, -0.2) is 15.5 Å². The van der Waals surface area contributed by atoms with E-state index in [1.807, 2.05) is 46.3 Å². The quantitative estimate of drug-likeness (QED) is 0.601. The molecule has 0 spiro atoms. The molecule has 0 radical (unpaired) electrons. The van der Waals surface area contributed by atoms with Gasteiger partial charge in [0.25, 0.3) is 0 Å². The van der Waals surface area contributed by atoms with E-state index in [1.54, 1.807) is 6.20 Å². The second-order valence-electron chi connectivity index (χ2n) is 5.43. The lowest BCUT2D eigenvalue weighted by Crippen LogP contribution is -2.19. The van der Waals surface area contributed by atoms with Crippen LogP contribution in [0.2, 0.25) is 0 Å². The Kier molecular flexibility index (Phi) is 3.84. The van der Waals surface area contributed by atoms with Crippen molar-refractivity contribution in [2.75, 3.05) is 5.32 Å². The Morgan fingerprint density at radius 3 is 2.67 bits per heavy atom. The molecule has 0 aliphatic carbocycles. The zero-order valence-electron chi connectivity index (χ0n) is 12.8. The summed E-state index contributed by atoms with van der Waals surface area (Å²) < 4.78 is 2.05. The molecule has 0 saturated heterocycles. The summed E-state index contributed by atoms with van der Waals surface area (Å²) in [6.45, 7) is 0.247. The summed E-state index contributed by atoms with van der Waals surface area (Å²) in [5.74, 6) is -0.0801. The Balaban J connectivity index is 1.74. The number of benzene rings is 2. The van der Waals surface area contributed by atoms with Crippen molar-refractivity contribution in [3.8, 4) is 11.3 Å². The summed E-state index contributed by atoms with van der Waals surface area (Å²) in [5.41, 5.74) is 3.17. The van der Waals surface area contributed by atoms with Gasteiger partial charge in [0.1, 0.15) is 6.54 Å². The van der Waals surface area contributed by atoms with Gasteiger partial charge in [-0.3, -0.25) is 4.79 Å². The first-order valence-corrected chi connectivity index (χ1v) is 8.52. The molecule has 1 amide bonds. The molecule has 0 saturated carbocycles. The third-order valence-corrected chi connectivity index (χ3v) is 4.55. The maximum atomic E-state index is 12.4. The van der Waals surface area contributed by atoms with E-state index in [1.165, 1.54) is 11.3 Å². The first-order chi connectivity index (χ1) is 11.8. The van der Waals surface area contributed by atoms with Crippen LogP contribution >= 0.6 is 11.3 Å². The number of hydrogen-bond donors (Lipinski definition) is 1. The fourth-order valence-corrected chi connectivity index (χ4v) is 3.36. The van der Waals surface area contributed by atoms with Crippen LogP contribution in [0.25, 0.3) is 22.2 Å². The molecular formula is C19H15N3OS. The summed E-state index contributed by atoms with van der Waals surface area (Å²) in [4.78, 5) is 16.5. The van der Waals surface area contributed by atoms with Gasteiger partial charge in [-0.25, -0.2) is 4.98 Å². The van der Waals surface area contributed by atoms with E-state index in [2.05, 4.69) is 34.6 Å². The highest BCUT2D eigenvalue weighted by Crippen LogP contribution is 2.28. The number of para-hydroxylation sites is 1. The summed E-state index contributed by atoms with van der Waals surface area (Å²) in [6, 6.07) is 20.4. The smallest absolute Gasteiger partial charge is 0.246 e. The van der Waals surface area contributed by atoms with Crippen molar-refractivity contribution < 1.29 is 4.79 Å². The second-order valence-corrected chi connectivity index (χ2v) is 6.32. The summed E-state index contributed by atoms with van der Waals surface area (Å²) in [6.07, 6.45) is 1.68. The average molecular weight is 333 g/mol. The first-order valence-electron chi connectivity index (χ1n) is 7.64. The molecule has 0 aliphatic rings. The van der Waals surface area contributed by atoms with Gasteiger partial charge in [-0.2, -0.15) is 0 Å². The fourth-order valence-electron chi connectivity index (χ4n) is 2.82. The van der Waals surface area contributed by atoms with Crippen LogP contribution in [0.5, 0.6) is 0 Å². The van der Waals surface area contributed by atoms with Gasteiger partial charge in [0.2, 0.25) is 5.91 Å². The number of carbonyl (C=O) groups is 1. The maximum absolute atomic E-state index is 12.4. The van der Waals surface area contributed by atoms with Crippen molar-refractivity contribution >= 4 is 33.3 Å². The molecule has 0 fully saturated rings. The zero-order chi connectivity index (χ0) is 16.4. The molecule has 0 bridgehead atoms. The fraction of sp³-hybridized carbons (Fsp3) is 0.0526. The molecule has 118 valence electrons. The molecule has 4 rings (SSSR count). The average Bonchev–Trinajstić information content (AvgIpc) is 3.24. The van der Waals surface area contributed by atoms with E-state index in [-0.39, 0.29) is 12.5 Å². The maximum Gasteiger partial charge on any atom is 0.246 e. The largest absolute Gasteiger partial charge is 0.331 e. The number of carbonyl (C=O) groups excluding carboxylic acids is 1. The van der Waals surface area contributed by atoms with Crippen molar-refractivity contribution in [1.82, 2.24) is 9.55 Å². The summed E-state index contributed by atoms with van der Waals surface area (Å²) in [7, 11) is 0. The number of hydrogen-bond acceptors (Lipinski definition) is 3.